The Morgan fingerprint density at radius 3 is 1.22 bits per heavy atom. The topological polar surface area (TPSA) is 24.1 Å². The average molecular weight is 492 g/mol. The fourth-order valence-corrected chi connectivity index (χ4v) is 3.64. The molecule has 2 nitrogen and oxygen atoms in total. The molecule has 0 heterocycles. The van der Waals surface area contributed by atoms with Crippen LogP contribution in [0.15, 0.2) is 48.5 Å². The quantitative estimate of drug-likeness (QED) is 0.490. The molecule has 0 aliphatic rings. The van der Waals surface area contributed by atoms with Crippen LogP contribution in [0.25, 0.3) is 0 Å². The van der Waals surface area contributed by atoms with Crippen LogP contribution < -0.4 is 17.6 Å². The van der Waals surface area contributed by atoms with Gasteiger partial charge >= 0.3 is 143 Å². The van der Waals surface area contributed by atoms with Gasteiger partial charge in [0.2, 0.25) is 0 Å². The summed E-state index contributed by atoms with van der Waals surface area (Å²) >= 11 is 3.19. The number of rotatable bonds is 2. The molecule has 2 atom stereocenters. The first-order valence-corrected chi connectivity index (χ1v) is 8.89. The zero-order chi connectivity index (χ0) is 13.4. The van der Waals surface area contributed by atoms with Crippen LogP contribution in [-0.2, 0) is 0 Å². The van der Waals surface area contributed by atoms with Crippen molar-refractivity contribution in [1.82, 2.24) is 0 Å². The van der Waals surface area contributed by atoms with Crippen molar-refractivity contribution in [3.8, 4) is 0 Å². The van der Waals surface area contributed by atoms with Gasteiger partial charge in [0.05, 0.1) is 0 Å². The van der Waals surface area contributed by atoms with Crippen LogP contribution in [0.3, 0.4) is 0 Å². The molecule has 0 saturated carbocycles. The number of hydrogen-bond donors (Lipinski definition) is 2. The van der Waals surface area contributed by atoms with Crippen LogP contribution in [0.5, 0.6) is 0 Å². The molecule has 2 unspecified atom stereocenters. The summed E-state index contributed by atoms with van der Waals surface area (Å²) < 4.78 is 6.25. The molecule has 92 valence electrons. The summed E-state index contributed by atoms with van der Waals surface area (Å²) in [6, 6.07) is 16.3. The van der Waals surface area contributed by atoms with Crippen LogP contribution in [-0.4, -0.2) is 46.6 Å². The van der Waals surface area contributed by atoms with E-state index in [1.165, 1.54) is 22.0 Å². The van der Waals surface area contributed by atoms with E-state index in [1.54, 1.807) is 46.6 Å². The summed E-state index contributed by atoms with van der Waals surface area (Å²) in [7, 11) is 5.35. The van der Waals surface area contributed by atoms with Gasteiger partial charge in [0.25, 0.3) is 0 Å². The Hall–Kier alpha value is 0.536. The number of benzene rings is 2. The zero-order valence-electron chi connectivity index (χ0n) is 9.67. The summed E-state index contributed by atoms with van der Waals surface area (Å²) in [4.78, 5) is 0. The maximum atomic E-state index is 3.12. The van der Waals surface area contributed by atoms with Crippen molar-refractivity contribution >= 4 is 87.1 Å². The molecule has 2 rings (SSSR count). The zero-order valence-corrected chi connectivity index (χ0v) is 17.1. The second kappa shape index (κ2) is 9.44. The minimum atomic E-state index is 1.19. The number of para-hydroxylation sites is 2. The molecule has 4 radical (unpaired) electrons. The third kappa shape index (κ3) is 5.67. The second-order valence-corrected chi connectivity index (χ2v) is 5.92. The van der Waals surface area contributed by atoms with Crippen molar-refractivity contribution in [2.24, 2.45) is 0 Å². The van der Waals surface area contributed by atoms with E-state index in [-0.39, 0.29) is 0 Å². The Labute approximate surface area is 141 Å². The van der Waals surface area contributed by atoms with Gasteiger partial charge < -0.3 is 0 Å². The molecular formula is C12H14N2P2Sb2. The van der Waals surface area contributed by atoms with E-state index < -0.39 is 0 Å². The van der Waals surface area contributed by atoms with E-state index in [2.05, 4.69) is 49.7 Å². The van der Waals surface area contributed by atoms with Gasteiger partial charge in [-0.3, -0.25) is 0 Å². The average Bonchev–Trinajstić information content (AvgIpc) is 2.41. The normalized spacial score (nSPS) is 9.11. The fraction of sp³-hybridized carbons (Fsp3) is 0. The van der Waals surface area contributed by atoms with Crippen LogP contribution in [0.1, 0.15) is 0 Å². The van der Waals surface area contributed by atoms with E-state index in [4.69, 9.17) is 0 Å². The molecule has 0 aromatic heterocycles. The predicted octanol–water partition coefficient (Wildman–Crippen LogP) is 1.36. The van der Waals surface area contributed by atoms with Gasteiger partial charge in [-0.2, -0.15) is 0 Å². The Morgan fingerprint density at radius 1 is 0.667 bits per heavy atom. The van der Waals surface area contributed by atoms with Crippen molar-refractivity contribution in [1.29, 1.82) is 0 Å². The number of anilines is 2. The van der Waals surface area contributed by atoms with Gasteiger partial charge in [0, 0.05) is 0 Å². The van der Waals surface area contributed by atoms with Crippen molar-refractivity contribution in [3.63, 3.8) is 0 Å². The first kappa shape index (κ1) is 16.6. The van der Waals surface area contributed by atoms with Gasteiger partial charge in [-0.25, -0.2) is 0 Å². The van der Waals surface area contributed by atoms with Crippen molar-refractivity contribution in [2.75, 3.05) is 6.95 Å². The Morgan fingerprint density at radius 2 is 1.00 bits per heavy atom. The fourth-order valence-electron chi connectivity index (χ4n) is 1.20. The Balaban J connectivity index is 0.000000180. The van der Waals surface area contributed by atoms with E-state index in [0.717, 1.165) is 0 Å². The standard InChI is InChI=1S/2C6H7NP.2Sb/c2*7-5-3-1-2-4-6(5)8;;/h2*1-4,7H,8H2;;/q2*-1;2*+1. The molecule has 0 amide bonds. The van der Waals surface area contributed by atoms with Gasteiger partial charge in [-0.05, 0) is 0 Å². The summed E-state index contributed by atoms with van der Waals surface area (Å²) in [5.74, 6) is 0. The molecule has 2 aromatic rings. The number of hydrogen-bond acceptors (Lipinski definition) is 2. The molecule has 0 aliphatic carbocycles. The SMILES string of the molecule is Pc1ccccc1[NH][Sb].Pc1ccccc1[NH][Sb]. The monoisotopic (exact) mass is 490 g/mol. The third-order valence-corrected chi connectivity index (χ3v) is 4.54. The van der Waals surface area contributed by atoms with Crippen LogP contribution in [0.2, 0.25) is 0 Å². The van der Waals surface area contributed by atoms with Gasteiger partial charge in [-0.15, -0.1) is 0 Å². The summed E-state index contributed by atoms with van der Waals surface area (Å²) in [5.41, 5.74) is 2.38. The summed E-state index contributed by atoms with van der Waals surface area (Å²) in [5, 5.41) is 2.44. The van der Waals surface area contributed by atoms with Crippen molar-refractivity contribution in [3.05, 3.63) is 48.5 Å². The predicted molar refractivity (Wildman–Crippen MR) is 90.3 cm³/mol. The van der Waals surface area contributed by atoms with Gasteiger partial charge in [0.1, 0.15) is 0 Å². The maximum absolute atomic E-state index is 3.12. The van der Waals surface area contributed by atoms with Crippen LogP contribution in [0, 0.1) is 0 Å². The Bertz CT molecular complexity index is 450. The van der Waals surface area contributed by atoms with E-state index in [1.807, 2.05) is 24.3 Å². The van der Waals surface area contributed by atoms with Gasteiger partial charge in [-0.1, -0.05) is 0 Å². The molecule has 6 heteroatoms. The molecule has 0 aliphatic heterocycles. The minimum absolute atomic E-state index is 1.19. The summed E-state index contributed by atoms with van der Waals surface area (Å²) in [6.45, 7) is 0. The molecule has 2 N–H and O–H groups in total. The second-order valence-electron chi connectivity index (χ2n) is 3.40. The van der Waals surface area contributed by atoms with Crippen molar-refractivity contribution < 1.29 is 0 Å². The third-order valence-electron chi connectivity index (χ3n) is 2.16. The molecular weight excluding hydrogens is 478 g/mol. The van der Waals surface area contributed by atoms with Crippen LogP contribution >= 0.6 is 18.5 Å². The first-order valence-electron chi connectivity index (χ1n) is 5.18. The first-order chi connectivity index (χ1) is 8.69. The van der Waals surface area contributed by atoms with E-state index in [9.17, 15) is 0 Å². The van der Waals surface area contributed by atoms with Crippen molar-refractivity contribution in [2.45, 2.75) is 0 Å². The molecule has 18 heavy (non-hydrogen) atoms. The molecule has 0 spiro atoms. The molecule has 0 fully saturated rings. The molecule has 0 bridgehead atoms. The van der Waals surface area contributed by atoms with Crippen LogP contribution in [0.4, 0.5) is 11.4 Å². The van der Waals surface area contributed by atoms with E-state index >= 15 is 0 Å². The molecule has 2 aromatic carbocycles. The number of nitrogens with one attached hydrogen (secondary N) is 2. The summed E-state index contributed by atoms with van der Waals surface area (Å²) in [6.07, 6.45) is 0. The van der Waals surface area contributed by atoms with Gasteiger partial charge in [0.15, 0.2) is 0 Å². The van der Waals surface area contributed by atoms with E-state index in [0.29, 0.717) is 0 Å². The Kier molecular flexibility index (Phi) is 8.70. The molecule has 0 saturated heterocycles.